The molecule has 0 aliphatic carbocycles. The molecule has 144 valence electrons. The molecule has 6 nitrogen and oxygen atoms in total. The monoisotopic (exact) mass is 397 g/mol. The number of carbonyl (C=O) groups is 1. The summed E-state index contributed by atoms with van der Waals surface area (Å²) >= 11 is 6.12. The Bertz CT molecular complexity index is 1050. The number of amides is 1. The molecule has 1 atom stereocenters. The second-order valence-corrected chi connectivity index (χ2v) is 7.43. The topological polar surface area (TPSA) is 68.5 Å². The molecule has 0 radical (unpaired) electrons. The highest BCUT2D eigenvalue weighted by atomic mass is 35.5. The fourth-order valence-corrected chi connectivity index (χ4v) is 3.63. The molecule has 3 aromatic rings. The first-order chi connectivity index (χ1) is 13.5. The van der Waals surface area contributed by atoms with Gasteiger partial charge in [-0.3, -0.25) is 4.79 Å². The summed E-state index contributed by atoms with van der Waals surface area (Å²) < 4.78 is 10.9. The fraction of sp³-hybridized carbons (Fsp3) is 0.286. The fourth-order valence-electron chi connectivity index (χ4n) is 3.47. The van der Waals surface area contributed by atoms with E-state index in [0.29, 0.717) is 41.1 Å². The molecule has 1 amide bonds. The number of ether oxygens (including phenoxy) is 1. The highest BCUT2D eigenvalue weighted by molar-refractivity contribution is 6.31. The third-order valence-corrected chi connectivity index (χ3v) is 5.22. The van der Waals surface area contributed by atoms with Crippen molar-refractivity contribution < 1.29 is 14.1 Å². The number of hydrogen-bond acceptors (Lipinski definition) is 5. The van der Waals surface area contributed by atoms with Crippen molar-refractivity contribution in [3.63, 3.8) is 0 Å². The molecule has 1 aliphatic rings. The van der Waals surface area contributed by atoms with Gasteiger partial charge in [0.2, 0.25) is 17.6 Å². The van der Waals surface area contributed by atoms with Crippen molar-refractivity contribution in [2.24, 2.45) is 0 Å². The number of methoxy groups -OCH3 is 1. The van der Waals surface area contributed by atoms with E-state index in [1.807, 2.05) is 32.0 Å². The van der Waals surface area contributed by atoms with Crippen molar-refractivity contribution in [2.45, 2.75) is 26.2 Å². The summed E-state index contributed by atoms with van der Waals surface area (Å²) in [6.45, 7) is 4.47. The number of aromatic nitrogens is 2. The first-order valence-electron chi connectivity index (χ1n) is 9.01. The maximum atomic E-state index is 12.7. The average molecular weight is 398 g/mol. The van der Waals surface area contributed by atoms with Crippen LogP contribution in [0, 0.1) is 13.8 Å². The van der Waals surface area contributed by atoms with E-state index in [-0.39, 0.29) is 11.8 Å². The van der Waals surface area contributed by atoms with Gasteiger partial charge in [-0.15, -0.1) is 0 Å². The summed E-state index contributed by atoms with van der Waals surface area (Å²) in [5.74, 6) is 1.40. The molecular formula is C21H20ClN3O3. The van der Waals surface area contributed by atoms with Crippen LogP contribution in [-0.2, 0) is 4.79 Å². The van der Waals surface area contributed by atoms with Crippen LogP contribution < -0.4 is 9.64 Å². The second-order valence-electron chi connectivity index (χ2n) is 7.00. The van der Waals surface area contributed by atoms with E-state index in [4.69, 9.17) is 20.9 Å². The van der Waals surface area contributed by atoms with Gasteiger partial charge in [0.15, 0.2) is 0 Å². The van der Waals surface area contributed by atoms with E-state index in [2.05, 4.69) is 10.1 Å². The van der Waals surface area contributed by atoms with Crippen molar-refractivity contribution in [1.82, 2.24) is 10.1 Å². The minimum atomic E-state index is -0.178. The van der Waals surface area contributed by atoms with Crippen LogP contribution in [0.3, 0.4) is 0 Å². The molecule has 28 heavy (non-hydrogen) atoms. The van der Waals surface area contributed by atoms with Gasteiger partial charge in [-0.2, -0.15) is 4.98 Å². The highest BCUT2D eigenvalue weighted by Crippen LogP contribution is 2.38. The Balaban J connectivity index is 1.61. The number of halogens is 1. The van der Waals surface area contributed by atoms with E-state index in [9.17, 15) is 4.79 Å². The lowest BCUT2D eigenvalue weighted by atomic mass is 10.1. The molecule has 1 aliphatic heterocycles. The number of anilines is 1. The average Bonchev–Trinajstić information content (AvgIpc) is 3.30. The second kappa shape index (κ2) is 7.28. The van der Waals surface area contributed by atoms with Gasteiger partial charge >= 0.3 is 0 Å². The lowest BCUT2D eigenvalue weighted by Crippen LogP contribution is -2.24. The summed E-state index contributed by atoms with van der Waals surface area (Å²) in [6.07, 6.45) is 0.296. The van der Waals surface area contributed by atoms with Crippen molar-refractivity contribution in [3.05, 3.63) is 58.4 Å². The standard InChI is InChI=1S/C21H20ClN3O3/c1-12-4-5-13(2)16(8-12)20-23-21(28-24-20)14-9-19(26)25(11-14)17-10-15(22)6-7-18(17)27-3/h4-8,10,14H,9,11H2,1-3H3. The van der Waals surface area contributed by atoms with Gasteiger partial charge in [-0.05, 0) is 43.7 Å². The van der Waals surface area contributed by atoms with Crippen molar-refractivity contribution in [3.8, 4) is 17.1 Å². The first kappa shape index (κ1) is 18.5. The minimum Gasteiger partial charge on any atom is -0.495 e. The summed E-state index contributed by atoms with van der Waals surface area (Å²) in [4.78, 5) is 18.9. The number of hydrogen-bond donors (Lipinski definition) is 0. The Morgan fingerprint density at radius 3 is 2.82 bits per heavy atom. The minimum absolute atomic E-state index is 0.0305. The van der Waals surface area contributed by atoms with Crippen molar-refractivity contribution in [2.75, 3.05) is 18.6 Å². The predicted molar refractivity (Wildman–Crippen MR) is 107 cm³/mol. The molecule has 0 saturated carbocycles. The number of nitrogens with zero attached hydrogens (tertiary/aromatic N) is 3. The maximum absolute atomic E-state index is 12.7. The van der Waals surface area contributed by atoms with E-state index < -0.39 is 0 Å². The molecule has 2 heterocycles. The summed E-state index contributed by atoms with van der Waals surface area (Å²) in [7, 11) is 1.57. The molecule has 4 rings (SSSR count). The van der Waals surface area contributed by atoms with Crippen LogP contribution in [0.15, 0.2) is 40.9 Å². The lowest BCUT2D eigenvalue weighted by Gasteiger charge is -2.19. The molecular weight excluding hydrogens is 378 g/mol. The van der Waals surface area contributed by atoms with E-state index in [1.165, 1.54) is 0 Å². The van der Waals surface area contributed by atoms with Crippen LogP contribution in [-0.4, -0.2) is 29.7 Å². The van der Waals surface area contributed by atoms with Gasteiger partial charge in [-0.1, -0.05) is 34.5 Å². The zero-order valence-corrected chi connectivity index (χ0v) is 16.7. The SMILES string of the molecule is COc1ccc(Cl)cc1N1CC(c2nc(-c3cc(C)ccc3C)no2)CC1=O. The van der Waals surface area contributed by atoms with Gasteiger partial charge in [0.05, 0.1) is 18.7 Å². The number of carbonyl (C=O) groups excluding carboxylic acids is 1. The molecule has 1 fully saturated rings. The maximum Gasteiger partial charge on any atom is 0.232 e. The molecule has 0 bridgehead atoms. The third kappa shape index (κ3) is 3.36. The molecule has 1 saturated heterocycles. The quantitative estimate of drug-likeness (QED) is 0.646. The Morgan fingerprint density at radius 1 is 1.21 bits per heavy atom. The molecule has 1 aromatic heterocycles. The number of aryl methyl sites for hydroxylation is 2. The molecule has 0 N–H and O–H groups in total. The van der Waals surface area contributed by atoms with E-state index in [1.54, 1.807) is 30.2 Å². The van der Waals surface area contributed by atoms with Crippen LogP contribution in [0.25, 0.3) is 11.4 Å². The van der Waals surface area contributed by atoms with Crippen LogP contribution in [0.4, 0.5) is 5.69 Å². The normalized spacial score (nSPS) is 16.6. The van der Waals surface area contributed by atoms with Crippen LogP contribution in [0.5, 0.6) is 5.75 Å². The van der Waals surface area contributed by atoms with Gasteiger partial charge in [0.1, 0.15) is 5.75 Å². The smallest absolute Gasteiger partial charge is 0.232 e. The largest absolute Gasteiger partial charge is 0.495 e. The van der Waals surface area contributed by atoms with Crippen LogP contribution in [0.1, 0.15) is 29.4 Å². The van der Waals surface area contributed by atoms with E-state index >= 15 is 0 Å². The third-order valence-electron chi connectivity index (χ3n) is 4.98. The molecule has 0 spiro atoms. The Hall–Kier alpha value is -2.86. The number of benzene rings is 2. The lowest BCUT2D eigenvalue weighted by molar-refractivity contribution is -0.117. The van der Waals surface area contributed by atoms with Crippen LogP contribution >= 0.6 is 11.6 Å². The van der Waals surface area contributed by atoms with Gasteiger partial charge in [0.25, 0.3) is 0 Å². The summed E-state index contributed by atoms with van der Waals surface area (Å²) in [5, 5.41) is 4.69. The van der Waals surface area contributed by atoms with Crippen molar-refractivity contribution in [1.29, 1.82) is 0 Å². The van der Waals surface area contributed by atoms with Gasteiger partial charge < -0.3 is 14.2 Å². The Kier molecular flexibility index (Phi) is 4.81. The van der Waals surface area contributed by atoms with Crippen molar-refractivity contribution >= 4 is 23.2 Å². The molecule has 2 aromatic carbocycles. The summed E-state index contributed by atoms with van der Waals surface area (Å²) in [5.41, 5.74) is 3.79. The van der Waals surface area contributed by atoms with E-state index in [0.717, 1.165) is 16.7 Å². The zero-order valence-electron chi connectivity index (χ0n) is 15.9. The Morgan fingerprint density at radius 2 is 2.04 bits per heavy atom. The number of rotatable bonds is 4. The summed E-state index contributed by atoms with van der Waals surface area (Å²) in [6, 6.07) is 11.3. The predicted octanol–water partition coefficient (Wildman–Crippen LogP) is 4.54. The zero-order chi connectivity index (χ0) is 19.8. The van der Waals surface area contributed by atoms with Gasteiger partial charge in [0, 0.05) is 23.6 Å². The first-order valence-corrected chi connectivity index (χ1v) is 9.39. The highest BCUT2D eigenvalue weighted by Gasteiger charge is 2.36. The molecule has 7 heteroatoms. The molecule has 1 unspecified atom stereocenters. The van der Waals surface area contributed by atoms with Gasteiger partial charge in [-0.25, -0.2) is 0 Å². The Labute approximate surface area is 168 Å². The van der Waals surface area contributed by atoms with Crippen LogP contribution in [0.2, 0.25) is 5.02 Å².